The number of likely N-dealkylation sites (tertiary alicyclic amines) is 1. The van der Waals surface area contributed by atoms with Gasteiger partial charge in [0.2, 0.25) is 5.91 Å². The maximum atomic E-state index is 15.1. The van der Waals surface area contributed by atoms with Gasteiger partial charge in [0, 0.05) is 23.6 Å². The Labute approximate surface area is 254 Å². The number of nitrogens with zero attached hydrogens (tertiary/aromatic N) is 2. The molecule has 11 heteroatoms. The van der Waals surface area contributed by atoms with Gasteiger partial charge in [-0.2, -0.15) is 5.10 Å². The second-order valence-electron chi connectivity index (χ2n) is 11.4. The Balaban J connectivity index is 1.62. The van der Waals surface area contributed by atoms with E-state index in [1.54, 1.807) is 45.9 Å². The van der Waals surface area contributed by atoms with Crippen LogP contribution < -0.4 is 10.9 Å². The van der Waals surface area contributed by atoms with Crippen molar-refractivity contribution in [1.29, 1.82) is 0 Å². The summed E-state index contributed by atoms with van der Waals surface area (Å²) in [6, 6.07) is 9.07. The maximum absolute atomic E-state index is 15.1. The van der Waals surface area contributed by atoms with Crippen LogP contribution in [-0.2, 0) is 16.0 Å². The molecule has 0 bridgehead atoms. The van der Waals surface area contributed by atoms with Crippen LogP contribution in [0.2, 0.25) is 0 Å². The van der Waals surface area contributed by atoms with Crippen LogP contribution in [0.3, 0.4) is 0 Å². The number of aromatic nitrogens is 2. The zero-order chi connectivity index (χ0) is 32.2. The van der Waals surface area contributed by atoms with Crippen molar-refractivity contribution in [3.05, 3.63) is 98.5 Å². The number of rotatable bonds is 11. The molecule has 0 unspecified atom stereocenters. The van der Waals surface area contributed by atoms with Crippen LogP contribution in [0, 0.1) is 24.0 Å². The zero-order valence-corrected chi connectivity index (χ0v) is 25.3. The molecule has 2 aromatic carbocycles. The van der Waals surface area contributed by atoms with Crippen molar-refractivity contribution in [1.82, 2.24) is 20.4 Å². The van der Waals surface area contributed by atoms with Gasteiger partial charge in [-0.3, -0.25) is 19.2 Å². The van der Waals surface area contributed by atoms with Crippen molar-refractivity contribution in [3.8, 4) is 0 Å². The molecule has 1 aromatic heterocycles. The lowest BCUT2D eigenvalue weighted by molar-refractivity contribution is -0.157. The number of hydrogen-bond donors (Lipinski definition) is 3. The Bertz CT molecular complexity index is 1600. The standard InChI is InChI=1S/C33H38F2N4O5/c1-5-26(36-29(40)22-12-11-20(25(35)18-22)16-23-15-19(4)37-38-30(23)41)31(42)39-27(21-9-8-10-24(34)17-21)13-14-28(39)33(6-2,7-3)32(43)44/h8-12,15,17-18,26-28H,5-7,13-14,16H2,1-4H3,(H,36,40)(H,38,41)(H,43,44)/t26-,27+,28-/m1/s1. The fourth-order valence-electron chi connectivity index (χ4n) is 6.36. The normalized spacial score (nSPS) is 17.4. The molecule has 1 aliphatic heterocycles. The lowest BCUT2D eigenvalue weighted by atomic mass is 9.74. The van der Waals surface area contributed by atoms with Crippen molar-refractivity contribution in [2.75, 3.05) is 0 Å². The highest BCUT2D eigenvalue weighted by Gasteiger charge is 2.53. The van der Waals surface area contributed by atoms with E-state index in [4.69, 9.17) is 0 Å². The number of carboxylic acids is 1. The average Bonchev–Trinajstić information content (AvgIpc) is 3.44. The first-order valence-corrected chi connectivity index (χ1v) is 14.9. The van der Waals surface area contributed by atoms with Crippen molar-refractivity contribution in [3.63, 3.8) is 0 Å². The number of H-pyrrole nitrogens is 1. The lowest BCUT2D eigenvalue weighted by Gasteiger charge is -2.42. The van der Waals surface area contributed by atoms with Gasteiger partial charge < -0.3 is 15.3 Å². The van der Waals surface area contributed by atoms with E-state index in [-0.39, 0.29) is 36.8 Å². The van der Waals surface area contributed by atoms with Crippen molar-refractivity contribution < 1.29 is 28.3 Å². The van der Waals surface area contributed by atoms with Gasteiger partial charge in [0.15, 0.2) is 0 Å². The molecule has 0 spiro atoms. The summed E-state index contributed by atoms with van der Waals surface area (Å²) in [6.07, 6.45) is 1.59. The predicted octanol–water partition coefficient (Wildman–Crippen LogP) is 5.08. The summed E-state index contributed by atoms with van der Waals surface area (Å²) >= 11 is 0. The number of aryl methyl sites for hydroxylation is 1. The number of aromatic amines is 1. The Morgan fingerprint density at radius 1 is 1.07 bits per heavy atom. The summed E-state index contributed by atoms with van der Waals surface area (Å²) in [5.41, 5.74) is -0.0137. The average molecular weight is 609 g/mol. The molecule has 0 radical (unpaired) electrons. The summed E-state index contributed by atoms with van der Waals surface area (Å²) in [4.78, 5) is 53.8. The highest BCUT2D eigenvalue weighted by molar-refractivity contribution is 5.98. The molecule has 1 fully saturated rings. The summed E-state index contributed by atoms with van der Waals surface area (Å²) < 4.78 is 29.3. The SMILES string of the molecule is CC[C@@H](NC(=O)c1ccc(Cc2cc(C)n[nH]c2=O)c(F)c1)C(=O)N1[C@H](c2cccc(F)c2)CC[C@@H]1C(CC)(CC)C(=O)O. The summed E-state index contributed by atoms with van der Waals surface area (Å²) in [5, 5.41) is 19.2. The van der Waals surface area contributed by atoms with E-state index in [1.165, 1.54) is 29.2 Å². The second-order valence-corrected chi connectivity index (χ2v) is 11.4. The number of carboxylic acid groups (broad SMARTS) is 1. The van der Waals surface area contributed by atoms with E-state index < -0.39 is 58.5 Å². The molecular weight excluding hydrogens is 570 g/mol. The molecule has 0 saturated carbocycles. The van der Waals surface area contributed by atoms with Crippen LogP contribution in [-0.4, -0.2) is 50.1 Å². The first-order valence-electron chi connectivity index (χ1n) is 14.9. The number of halogens is 2. The minimum atomic E-state index is -1.23. The minimum Gasteiger partial charge on any atom is -0.481 e. The van der Waals surface area contributed by atoms with E-state index in [0.29, 0.717) is 29.7 Å². The fraction of sp³-hybridized carbons (Fsp3) is 0.424. The predicted molar refractivity (Wildman–Crippen MR) is 160 cm³/mol. The number of amides is 2. The summed E-state index contributed by atoms with van der Waals surface area (Å²) in [6.45, 7) is 6.97. The summed E-state index contributed by atoms with van der Waals surface area (Å²) in [5.74, 6) is -3.32. The van der Waals surface area contributed by atoms with Crippen LogP contribution >= 0.6 is 0 Å². The summed E-state index contributed by atoms with van der Waals surface area (Å²) in [7, 11) is 0. The molecule has 4 rings (SSSR count). The van der Waals surface area contributed by atoms with Crippen molar-refractivity contribution in [2.45, 2.75) is 84.3 Å². The number of carbonyl (C=O) groups is 3. The van der Waals surface area contributed by atoms with E-state index >= 15 is 4.39 Å². The van der Waals surface area contributed by atoms with Crippen LogP contribution in [0.4, 0.5) is 8.78 Å². The molecule has 0 aliphatic carbocycles. The number of carbonyl (C=O) groups excluding carboxylic acids is 2. The Kier molecular flexibility index (Phi) is 9.96. The van der Waals surface area contributed by atoms with Gasteiger partial charge in [0.25, 0.3) is 11.5 Å². The molecule has 3 aromatic rings. The Hall–Kier alpha value is -4.41. The van der Waals surface area contributed by atoms with Crippen LogP contribution in [0.15, 0.2) is 53.3 Å². The third kappa shape index (κ3) is 6.41. The van der Waals surface area contributed by atoms with Gasteiger partial charge in [0.05, 0.1) is 17.2 Å². The molecule has 44 heavy (non-hydrogen) atoms. The van der Waals surface area contributed by atoms with E-state index in [2.05, 4.69) is 15.5 Å². The Morgan fingerprint density at radius 3 is 2.41 bits per heavy atom. The third-order valence-corrected chi connectivity index (χ3v) is 8.92. The van der Waals surface area contributed by atoms with Gasteiger partial charge >= 0.3 is 5.97 Å². The highest BCUT2D eigenvalue weighted by atomic mass is 19.1. The number of aliphatic carboxylic acids is 1. The smallest absolute Gasteiger partial charge is 0.311 e. The molecular formula is C33H38F2N4O5. The highest BCUT2D eigenvalue weighted by Crippen LogP contribution is 2.47. The van der Waals surface area contributed by atoms with Crippen molar-refractivity contribution in [2.24, 2.45) is 5.41 Å². The van der Waals surface area contributed by atoms with Crippen LogP contribution in [0.1, 0.15) is 91.7 Å². The lowest BCUT2D eigenvalue weighted by Crippen LogP contribution is -2.56. The third-order valence-electron chi connectivity index (χ3n) is 8.92. The van der Waals surface area contributed by atoms with E-state index in [9.17, 15) is 28.7 Å². The molecule has 234 valence electrons. The molecule has 1 saturated heterocycles. The number of nitrogens with one attached hydrogen (secondary N) is 2. The van der Waals surface area contributed by atoms with E-state index in [1.807, 2.05) is 0 Å². The fourth-order valence-corrected chi connectivity index (χ4v) is 6.36. The number of benzene rings is 2. The van der Waals surface area contributed by atoms with E-state index in [0.717, 1.165) is 6.07 Å². The molecule has 9 nitrogen and oxygen atoms in total. The first kappa shape index (κ1) is 32.5. The number of hydrogen-bond acceptors (Lipinski definition) is 5. The van der Waals surface area contributed by atoms with Gasteiger partial charge in [-0.15, -0.1) is 0 Å². The minimum absolute atomic E-state index is 0.000494. The van der Waals surface area contributed by atoms with Gasteiger partial charge in [0.1, 0.15) is 17.7 Å². The quantitative estimate of drug-likeness (QED) is 0.278. The van der Waals surface area contributed by atoms with Crippen molar-refractivity contribution >= 4 is 17.8 Å². The molecule has 2 heterocycles. The molecule has 3 N–H and O–H groups in total. The van der Waals surface area contributed by atoms with Crippen LogP contribution in [0.5, 0.6) is 0 Å². The van der Waals surface area contributed by atoms with Gasteiger partial charge in [-0.05, 0) is 80.5 Å². The first-order chi connectivity index (χ1) is 20.9. The molecule has 1 aliphatic rings. The topological polar surface area (TPSA) is 132 Å². The van der Waals surface area contributed by atoms with Crippen LogP contribution in [0.25, 0.3) is 0 Å². The van der Waals surface area contributed by atoms with Gasteiger partial charge in [-0.25, -0.2) is 13.9 Å². The zero-order valence-electron chi connectivity index (χ0n) is 25.3. The second kappa shape index (κ2) is 13.5. The molecule has 3 atom stereocenters. The Morgan fingerprint density at radius 2 is 1.80 bits per heavy atom. The van der Waals surface area contributed by atoms with Gasteiger partial charge in [-0.1, -0.05) is 39.0 Å². The maximum Gasteiger partial charge on any atom is 0.311 e. The monoisotopic (exact) mass is 608 g/mol. The largest absolute Gasteiger partial charge is 0.481 e. The molecule has 2 amide bonds.